The smallest absolute Gasteiger partial charge is 0.340 e. The van der Waals surface area contributed by atoms with Gasteiger partial charge in [-0.25, -0.2) is 4.79 Å². The molecule has 4 rings (SSSR count). The van der Waals surface area contributed by atoms with E-state index in [9.17, 15) is 4.79 Å². The Morgan fingerprint density at radius 3 is 2.54 bits per heavy atom. The standard InChI is InChI=1S/C23H21NO4/c1-4-28-23(25)18-13-24-22-17(11-14-7-5-6-8-16(14)21(18)22)15-9-10-19(26-2)20(12-15)27-3/h5-13,24H,4H2,1-3H3. The molecule has 3 aromatic carbocycles. The lowest BCUT2D eigenvalue weighted by Crippen LogP contribution is -2.03. The predicted molar refractivity (Wildman–Crippen MR) is 110 cm³/mol. The van der Waals surface area contributed by atoms with Gasteiger partial charge in [0, 0.05) is 17.1 Å². The van der Waals surface area contributed by atoms with Crippen LogP contribution in [0.4, 0.5) is 0 Å². The van der Waals surface area contributed by atoms with Crippen LogP contribution in [0.2, 0.25) is 0 Å². The highest BCUT2D eigenvalue weighted by Crippen LogP contribution is 2.39. The minimum atomic E-state index is -0.330. The molecule has 0 aliphatic carbocycles. The van der Waals surface area contributed by atoms with Crippen LogP contribution in [0.25, 0.3) is 32.8 Å². The zero-order valence-corrected chi connectivity index (χ0v) is 16.0. The number of hydrogen-bond donors (Lipinski definition) is 1. The molecule has 28 heavy (non-hydrogen) atoms. The van der Waals surface area contributed by atoms with E-state index in [-0.39, 0.29) is 5.97 Å². The quantitative estimate of drug-likeness (QED) is 0.488. The number of methoxy groups -OCH3 is 2. The molecular weight excluding hydrogens is 354 g/mol. The van der Waals surface area contributed by atoms with E-state index in [2.05, 4.69) is 11.1 Å². The van der Waals surface area contributed by atoms with Crippen LogP contribution >= 0.6 is 0 Å². The highest BCUT2D eigenvalue weighted by molar-refractivity contribution is 6.20. The molecule has 0 spiro atoms. The second-order valence-corrected chi connectivity index (χ2v) is 6.39. The first kappa shape index (κ1) is 17.9. The van der Waals surface area contributed by atoms with E-state index in [1.807, 2.05) is 42.5 Å². The van der Waals surface area contributed by atoms with Gasteiger partial charge in [-0.05, 0) is 41.5 Å². The van der Waals surface area contributed by atoms with Gasteiger partial charge in [0.05, 0.1) is 31.9 Å². The number of hydrogen-bond acceptors (Lipinski definition) is 4. The third-order valence-corrected chi connectivity index (χ3v) is 4.87. The predicted octanol–water partition coefficient (Wildman–Crippen LogP) is 5.18. The zero-order chi connectivity index (χ0) is 19.7. The molecule has 0 atom stereocenters. The van der Waals surface area contributed by atoms with Crippen molar-refractivity contribution in [3.05, 3.63) is 60.3 Å². The van der Waals surface area contributed by atoms with Gasteiger partial charge in [0.1, 0.15) is 0 Å². The van der Waals surface area contributed by atoms with E-state index < -0.39 is 0 Å². The second kappa shape index (κ2) is 7.27. The van der Waals surface area contributed by atoms with Crippen molar-refractivity contribution in [3.8, 4) is 22.6 Å². The van der Waals surface area contributed by atoms with Crippen LogP contribution in [0.15, 0.2) is 54.7 Å². The average Bonchev–Trinajstić information content (AvgIpc) is 3.18. The lowest BCUT2D eigenvalue weighted by atomic mass is 9.95. The van der Waals surface area contributed by atoms with E-state index in [1.165, 1.54) is 0 Å². The van der Waals surface area contributed by atoms with Crippen molar-refractivity contribution in [1.82, 2.24) is 4.98 Å². The van der Waals surface area contributed by atoms with Gasteiger partial charge in [-0.15, -0.1) is 0 Å². The highest BCUT2D eigenvalue weighted by atomic mass is 16.5. The second-order valence-electron chi connectivity index (χ2n) is 6.39. The van der Waals surface area contributed by atoms with Crippen molar-refractivity contribution in [2.24, 2.45) is 0 Å². The summed E-state index contributed by atoms with van der Waals surface area (Å²) in [6.07, 6.45) is 1.72. The van der Waals surface area contributed by atoms with Crippen molar-refractivity contribution >= 4 is 27.6 Å². The topological polar surface area (TPSA) is 60.6 Å². The number of carbonyl (C=O) groups is 1. The van der Waals surface area contributed by atoms with Gasteiger partial charge >= 0.3 is 5.97 Å². The minimum absolute atomic E-state index is 0.330. The van der Waals surface area contributed by atoms with Gasteiger partial charge in [0.2, 0.25) is 0 Å². The number of H-pyrrole nitrogens is 1. The maximum Gasteiger partial charge on any atom is 0.340 e. The summed E-state index contributed by atoms with van der Waals surface area (Å²) in [5, 5.41) is 2.91. The number of aromatic amines is 1. The molecule has 1 N–H and O–H groups in total. The van der Waals surface area contributed by atoms with E-state index in [0.29, 0.717) is 23.7 Å². The molecule has 0 bridgehead atoms. The van der Waals surface area contributed by atoms with E-state index in [4.69, 9.17) is 14.2 Å². The van der Waals surface area contributed by atoms with Gasteiger partial charge < -0.3 is 19.2 Å². The molecule has 1 heterocycles. The Morgan fingerprint density at radius 2 is 1.79 bits per heavy atom. The monoisotopic (exact) mass is 375 g/mol. The molecule has 0 aliphatic heterocycles. The summed E-state index contributed by atoms with van der Waals surface area (Å²) in [5.41, 5.74) is 3.36. The molecule has 0 saturated carbocycles. The van der Waals surface area contributed by atoms with Gasteiger partial charge in [-0.1, -0.05) is 30.3 Å². The molecule has 0 unspecified atom stereocenters. The molecule has 0 fully saturated rings. The lowest BCUT2D eigenvalue weighted by Gasteiger charge is -2.12. The molecule has 0 saturated heterocycles. The number of benzene rings is 3. The lowest BCUT2D eigenvalue weighted by molar-refractivity contribution is 0.0529. The Balaban J connectivity index is 2.03. The normalized spacial score (nSPS) is 11.0. The van der Waals surface area contributed by atoms with Gasteiger partial charge in [0.25, 0.3) is 0 Å². The number of ether oxygens (including phenoxy) is 3. The first-order valence-electron chi connectivity index (χ1n) is 9.10. The third-order valence-electron chi connectivity index (χ3n) is 4.87. The Kier molecular flexibility index (Phi) is 4.65. The van der Waals surface area contributed by atoms with E-state index in [0.717, 1.165) is 32.8 Å². The summed E-state index contributed by atoms with van der Waals surface area (Å²) in [5.74, 6) is 0.990. The summed E-state index contributed by atoms with van der Waals surface area (Å²) < 4.78 is 16.1. The van der Waals surface area contributed by atoms with Crippen LogP contribution in [-0.2, 0) is 4.74 Å². The van der Waals surface area contributed by atoms with Crippen LogP contribution < -0.4 is 9.47 Å². The van der Waals surface area contributed by atoms with E-state index in [1.54, 1.807) is 27.3 Å². The number of esters is 1. The van der Waals surface area contributed by atoms with E-state index >= 15 is 0 Å². The minimum Gasteiger partial charge on any atom is -0.493 e. The molecular formula is C23H21NO4. The van der Waals surface area contributed by atoms with Crippen LogP contribution in [0.5, 0.6) is 11.5 Å². The fourth-order valence-electron chi connectivity index (χ4n) is 3.59. The number of aromatic nitrogens is 1. The fourth-order valence-corrected chi connectivity index (χ4v) is 3.59. The van der Waals surface area contributed by atoms with Crippen LogP contribution in [0, 0.1) is 0 Å². The third kappa shape index (κ3) is 2.85. The Morgan fingerprint density at radius 1 is 1.00 bits per heavy atom. The molecule has 5 nitrogen and oxygen atoms in total. The molecule has 0 radical (unpaired) electrons. The van der Waals surface area contributed by atoms with Gasteiger partial charge in [0.15, 0.2) is 11.5 Å². The number of carbonyl (C=O) groups excluding carboxylic acids is 1. The van der Waals surface area contributed by atoms with Crippen LogP contribution in [0.3, 0.4) is 0 Å². The van der Waals surface area contributed by atoms with Crippen molar-refractivity contribution in [2.45, 2.75) is 6.92 Å². The zero-order valence-electron chi connectivity index (χ0n) is 16.0. The summed E-state index contributed by atoms with van der Waals surface area (Å²) in [7, 11) is 3.23. The Bertz CT molecular complexity index is 1180. The molecule has 0 aliphatic rings. The number of nitrogens with one attached hydrogen (secondary N) is 1. The molecule has 5 heteroatoms. The van der Waals surface area contributed by atoms with Crippen LogP contribution in [0.1, 0.15) is 17.3 Å². The van der Waals surface area contributed by atoms with Crippen LogP contribution in [-0.4, -0.2) is 31.8 Å². The Hall–Kier alpha value is -3.47. The first-order valence-corrected chi connectivity index (χ1v) is 9.10. The summed E-state index contributed by atoms with van der Waals surface area (Å²) in [6, 6.07) is 15.9. The maximum absolute atomic E-state index is 12.5. The summed E-state index contributed by atoms with van der Waals surface area (Å²) >= 11 is 0. The average molecular weight is 375 g/mol. The summed E-state index contributed by atoms with van der Waals surface area (Å²) in [4.78, 5) is 15.8. The van der Waals surface area contributed by atoms with Gasteiger partial charge in [-0.3, -0.25) is 0 Å². The first-order chi connectivity index (χ1) is 13.7. The number of fused-ring (bicyclic) bond motifs is 3. The molecule has 0 amide bonds. The van der Waals surface area contributed by atoms with Crippen molar-refractivity contribution in [1.29, 1.82) is 0 Å². The SMILES string of the molecule is CCOC(=O)c1c[nH]c2c(-c3ccc(OC)c(OC)c3)cc3ccccc3c12. The number of rotatable bonds is 5. The maximum atomic E-state index is 12.5. The van der Waals surface area contributed by atoms with Gasteiger partial charge in [-0.2, -0.15) is 0 Å². The summed E-state index contributed by atoms with van der Waals surface area (Å²) in [6.45, 7) is 2.14. The fraction of sp³-hybridized carbons (Fsp3) is 0.174. The van der Waals surface area contributed by atoms with Crippen molar-refractivity contribution in [3.63, 3.8) is 0 Å². The molecule has 142 valence electrons. The van der Waals surface area contributed by atoms with Crippen molar-refractivity contribution < 1.29 is 19.0 Å². The Labute approximate surface area is 162 Å². The molecule has 1 aromatic heterocycles. The highest BCUT2D eigenvalue weighted by Gasteiger charge is 2.19. The largest absolute Gasteiger partial charge is 0.493 e. The van der Waals surface area contributed by atoms with Crippen molar-refractivity contribution in [2.75, 3.05) is 20.8 Å². The molecule has 4 aromatic rings.